The molecule has 2 N–H and O–H groups in total. The van der Waals surface area contributed by atoms with Gasteiger partial charge in [0.1, 0.15) is 18.5 Å². The van der Waals surface area contributed by atoms with Crippen molar-refractivity contribution in [3.8, 4) is 5.75 Å². The summed E-state index contributed by atoms with van der Waals surface area (Å²) in [5, 5.41) is 13.7. The van der Waals surface area contributed by atoms with Crippen LogP contribution in [0.3, 0.4) is 0 Å². The van der Waals surface area contributed by atoms with E-state index >= 15 is 0 Å². The van der Waals surface area contributed by atoms with Crippen molar-refractivity contribution >= 4 is 5.96 Å². The molecule has 1 aliphatic rings. The Morgan fingerprint density at radius 2 is 2.14 bits per heavy atom. The number of rotatable bonds is 10. The molecule has 0 aliphatic carbocycles. The molecule has 0 aromatic heterocycles. The van der Waals surface area contributed by atoms with Gasteiger partial charge >= 0.3 is 0 Å². The van der Waals surface area contributed by atoms with Crippen molar-refractivity contribution in [3.05, 3.63) is 29.8 Å². The van der Waals surface area contributed by atoms with Gasteiger partial charge in [-0.3, -0.25) is 4.99 Å². The maximum absolute atomic E-state index is 10.3. The fourth-order valence-electron chi connectivity index (χ4n) is 3.59. The Balaban J connectivity index is 1.84. The first-order valence-electron chi connectivity index (χ1n) is 10.7. The van der Waals surface area contributed by atoms with Crippen LogP contribution >= 0.6 is 0 Å². The Kier molecular flexibility index (Phi) is 9.58. The molecule has 0 amide bonds. The van der Waals surface area contributed by atoms with Gasteiger partial charge in [0, 0.05) is 26.2 Å². The van der Waals surface area contributed by atoms with Crippen molar-refractivity contribution in [3.63, 3.8) is 0 Å². The number of hydrogen-bond acceptors (Lipinski definition) is 4. The van der Waals surface area contributed by atoms with Crippen LogP contribution in [-0.4, -0.2) is 79.4 Å². The summed E-state index contributed by atoms with van der Waals surface area (Å²) in [6, 6.07) is 7.87. The number of benzene rings is 1. The lowest BCUT2D eigenvalue weighted by atomic mass is 10.1. The topological polar surface area (TPSA) is 60.3 Å². The molecular formula is C22H38N4O2. The summed E-state index contributed by atoms with van der Waals surface area (Å²) in [5.41, 5.74) is 1.15. The van der Waals surface area contributed by atoms with Gasteiger partial charge in [-0.15, -0.1) is 0 Å². The van der Waals surface area contributed by atoms with Crippen LogP contribution in [-0.2, 0) is 0 Å². The van der Waals surface area contributed by atoms with Crippen LogP contribution in [0.4, 0.5) is 0 Å². The smallest absolute Gasteiger partial charge is 0.194 e. The second-order valence-electron chi connectivity index (χ2n) is 7.56. The Labute approximate surface area is 170 Å². The van der Waals surface area contributed by atoms with Gasteiger partial charge in [0.05, 0.1) is 6.54 Å². The number of nitrogens with zero attached hydrogens (tertiary/aromatic N) is 3. The molecule has 158 valence electrons. The lowest BCUT2D eigenvalue weighted by molar-refractivity contribution is 0.114. The van der Waals surface area contributed by atoms with E-state index in [9.17, 15) is 5.11 Å². The van der Waals surface area contributed by atoms with Gasteiger partial charge in [-0.05, 0) is 57.0 Å². The van der Waals surface area contributed by atoms with E-state index in [1.54, 1.807) is 0 Å². The average molecular weight is 391 g/mol. The van der Waals surface area contributed by atoms with E-state index in [0.29, 0.717) is 12.5 Å². The van der Waals surface area contributed by atoms with Gasteiger partial charge in [0.25, 0.3) is 0 Å². The molecule has 2 unspecified atom stereocenters. The Morgan fingerprint density at radius 3 is 2.82 bits per heavy atom. The van der Waals surface area contributed by atoms with Gasteiger partial charge in [-0.25, -0.2) is 0 Å². The van der Waals surface area contributed by atoms with Gasteiger partial charge in [-0.1, -0.05) is 26.0 Å². The van der Waals surface area contributed by atoms with Gasteiger partial charge < -0.3 is 25.0 Å². The zero-order valence-electron chi connectivity index (χ0n) is 18.0. The second kappa shape index (κ2) is 11.9. The van der Waals surface area contributed by atoms with Crippen molar-refractivity contribution in [1.29, 1.82) is 0 Å². The largest absolute Gasteiger partial charge is 0.491 e. The van der Waals surface area contributed by atoms with Crippen LogP contribution in [0.5, 0.6) is 5.75 Å². The van der Waals surface area contributed by atoms with E-state index in [-0.39, 0.29) is 6.61 Å². The van der Waals surface area contributed by atoms with E-state index in [4.69, 9.17) is 4.74 Å². The normalized spacial score (nSPS) is 18.6. The highest BCUT2D eigenvalue weighted by atomic mass is 16.5. The number of hydrogen-bond donors (Lipinski definition) is 2. The average Bonchev–Trinajstić information content (AvgIpc) is 3.16. The zero-order chi connectivity index (χ0) is 20.4. The third-order valence-electron chi connectivity index (χ3n) is 5.21. The molecule has 1 saturated heterocycles. The highest BCUT2D eigenvalue weighted by Gasteiger charge is 2.26. The molecule has 1 aliphatic heterocycles. The van der Waals surface area contributed by atoms with Crippen molar-refractivity contribution in [2.24, 2.45) is 10.9 Å². The minimum atomic E-state index is -0.622. The molecule has 0 spiro atoms. The monoisotopic (exact) mass is 390 g/mol. The highest BCUT2D eigenvalue weighted by Crippen LogP contribution is 2.18. The summed E-state index contributed by atoms with van der Waals surface area (Å²) in [6.07, 6.45) is 0.572. The second-order valence-corrected chi connectivity index (χ2v) is 7.56. The molecule has 0 bridgehead atoms. The standard InChI is InChI=1S/C22H38N4O2/c1-5-23-22(26-12-11-19(16-26)15-25(6-2)7-3)24-14-20(27)17-28-21-10-8-9-18(4)13-21/h8-10,13,19-20,27H,5-7,11-12,14-17H2,1-4H3,(H,23,24). The molecule has 6 heteroatoms. The molecule has 2 rings (SSSR count). The third-order valence-corrected chi connectivity index (χ3v) is 5.21. The highest BCUT2D eigenvalue weighted by molar-refractivity contribution is 5.80. The van der Waals surface area contributed by atoms with E-state index in [0.717, 1.165) is 56.5 Å². The lowest BCUT2D eigenvalue weighted by Crippen LogP contribution is -2.41. The Hall–Kier alpha value is -1.79. The SMILES string of the molecule is CCNC(=NCC(O)COc1cccc(C)c1)N1CCC(CN(CC)CC)C1. The van der Waals surface area contributed by atoms with Crippen LogP contribution in [0.15, 0.2) is 29.3 Å². The van der Waals surface area contributed by atoms with Crippen LogP contribution in [0.25, 0.3) is 0 Å². The predicted molar refractivity (Wildman–Crippen MR) is 116 cm³/mol. The fraction of sp³-hybridized carbons (Fsp3) is 0.682. The summed E-state index contributed by atoms with van der Waals surface area (Å²) >= 11 is 0. The molecule has 28 heavy (non-hydrogen) atoms. The number of aryl methyl sites for hydroxylation is 1. The van der Waals surface area contributed by atoms with Crippen LogP contribution in [0.1, 0.15) is 32.8 Å². The number of guanidine groups is 1. The molecule has 0 radical (unpaired) electrons. The molecule has 0 saturated carbocycles. The molecule has 1 fully saturated rings. The predicted octanol–water partition coefficient (Wildman–Crippen LogP) is 2.36. The maximum atomic E-state index is 10.3. The summed E-state index contributed by atoms with van der Waals surface area (Å²) in [4.78, 5) is 9.48. The van der Waals surface area contributed by atoms with E-state index < -0.39 is 6.10 Å². The number of aliphatic imine (C=N–C) groups is 1. The number of aliphatic hydroxyl groups is 1. The van der Waals surface area contributed by atoms with Crippen molar-refractivity contribution in [2.45, 2.75) is 40.2 Å². The number of likely N-dealkylation sites (tertiary alicyclic amines) is 1. The van der Waals surface area contributed by atoms with Crippen molar-refractivity contribution in [2.75, 3.05) is 52.4 Å². The first-order chi connectivity index (χ1) is 13.5. The Bertz CT molecular complexity index is 604. The quantitative estimate of drug-likeness (QED) is 0.474. The number of aliphatic hydroxyl groups excluding tert-OH is 1. The minimum Gasteiger partial charge on any atom is -0.491 e. The van der Waals surface area contributed by atoms with Crippen LogP contribution < -0.4 is 10.1 Å². The first-order valence-corrected chi connectivity index (χ1v) is 10.7. The van der Waals surface area contributed by atoms with Crippen molar-refractivity contribution in [1.82, 2.24) is 15.1 Å². The van der Waals surface area contributed by atoms with E-state index in [1.807, 2.05) is 31.2 Å². The molecule has 1 aromatic carbocycles. The number of nitrogens with one attached hydrogen (secondary N) is 1. The van der Waals surface area contributed by atoms with Crippen LogP contribution in [0.2, 0.25) is 0 Å². The molecule has 2 atom stereocenters. The molecule has 1 aromatic rings. The lowest BCUT2D eigenvalue weighted by Gasteiger charge is -2.24. The summed E-state index contributed by atoms with van der Waals surface area (Å²) < 4.78 is 5.69. The summed E-state index contributed by atoms with van der Waals surface area (Å²) in [5.74, 6) is 2.37. The first kappa shape index (κ1) is 22.5. The maximum Gasteiger partial charge on any atom is 0.194 e. The summed E-state index contributed by atoms with van der Waals surface area (Å²) in [7, 11) is 0. The van der Waals surface area contributed by atoms with Crippen LogP contribution in [0, 0.1) is 12.8 Å². The number of ether oxygens (including phenoxy) is 1. The molecule has 6 nitrogen and oxygen atoms in total. The fourth-order valence-corrected chi connectivity index (χ4v) is 3.59. The molecule has 1 heterocycles. The van der Waals surface area contributed by atoms with E-state index in [2.05, 4.69) is 40.9 Å². The Morgan fingerprint density at radius 1 is 1.36 bits per heavy atom. The summed E-state index contributed by atoms with van der Waals surface area (Å²) in [6.45, 7) is 15.4. The molecular weight excluding hydrogens is 352 g/mol. The van der Waals surface area contributed by atoms with Gasteiger partial charge in [0.2, 0.25) is 0 Å². The van der Waals surface area contributed by atoms with E-state index in [1.165, 1.54) is 6.42 Å². The van der Waals surface area contributed by atoms with Gasteiger partial charge in [0.15, 0.2) is 5.96 Å². The zero-order valence-corrected chi connectivity index (χ0v) is 18.0. The van der Waals surface area contributed by atoms with Gasteiger partial charge in [-0.2, -0.15) is 0 Å². The van der Waals surface area contributed by atoms with Crippen molar-refractivity contribution < 1.29 is 9.84 Å². The third kappa shape index (κ3) is 7.32. The minimum absolute atomic E-state index is 0.247.